The summed E-state index contributed by atoms with van der Waals surface area (Å²) in [7, 11) is 1.42. The number of hydrogen-bond donors (Lipinski definition) is 1. The minimum absolute atomic E-state index is 0.0813. The van der Waals surface area contributed by atoms with Crippen LogP contribution in [0.1, 0.15) is 28.7 Å². The second-order valence-electron chi connectivity index (χ2n) is 6.08. The van der Waals surface area contributed by atoms with E-state index in [9.17, 15) is 9.18 Å². The molecular formula is C20H22FNO3S2. The lowest BCUT2D eigenvalue weighted by molar-refractivity contribution is -0.123. The van der Waals surface area contributed by atoms with Gasteiger partial charge in [0.15, 0.2) is 18.2 Å². The summed E-state index contributed by atoms with van der Waals surface area (Å²) < 4.78 is 24.9. The monoisotopic (exact) mass is 407 g/mol. The maximum Gasteiger partial charge on any atom is 0.258 e. The molecule has 0 saturated carbocycles. The molecule has 144 valence electrons. The van der Waals surface area contributed by atoms with Gasteiger partial charge in [-0.1, -0.05) is 24.3 Å². The number of methoxy groups -OCH3 is 1. The smallest absolute Gasteiger partial charge is 0.258 e. The van der Waals surface area contributed by atoms with Gasteiger partial charge in [0, 0.05) is 17.1 Å². The quantitative estimate of drug-likeness (QED) is 0.729. The second kappa shape index (κ2) is 9.37. The Bertz CT molecular complexity index is 797. The number of benzene rings is 2. The van der Waals surface area contributed by atoms with Crippen molar-refractivity contribution < 1.29 is 18.7 Å². The Labute approximate surface area is 167 Å². The van der Waals surface area contributed by atoms with Gasteiger partial charge >= 0.3 is 0 Å². The lowest BCUT2D eigenvalue weighted by Crippen LogP contribution is -2.31. The van der Waals surface area contributed by atoms with Gasteiger partial charge in [-0.2, -0.15) is 0 Å². The minimum atomic E-state index is -0.451. The number of amides is 1. The van der Waals surface area contributed by atoms with E-state index in [1.165, 1.54) is 13.2 Å². The van der Waals surface area contributed by atoms with Gasteiger partial charge in [-0.15, -0.1) is 23.5 Å². The van der Waals surface area contributed by atoms with Gasteiger partial charge in [0.1, 0.15) is 5.75 Å². The van der Waals surface area contributed by atoms with Crippen molar-refractivity contribution in [1.82, 2.24) is 5.32 Å². The van der Waals surface area contributed by atoms with Gasteiger partial charge in [0.25, 0.3) is 5.91 Å². The number of hydrogen-bond acceptors (Lipinski definition) is 5. The first-order valence-electron chi connectivity index (χ1n) is 8.66. The number of carbonyl (C=O) groups excluding carboxylic acids is 1. The van der Waals surface area contributed by atoms with Crippen molar-refractivity contribution in [2.45, 2.75) is 17.5 Å². The summed E-state index contributed by atoms with van der Waals surface area (Å²) in [5, 5.41) is 2.84. The lowest BCUT2D eigenvalue weighted by atomic mass is 10.1. The topological polar surface area (TPSA) is 47.6 Å². The molecule has 1 atom stereocenters. The van der Waals surface area contributed by atoms with Gasteiger partial charge in [0.2, 0.25) is 0 Å². The Morgan fingerprint density at radius 2 is 1.96 bits per heavy atom. The number of ether oxygens (including phenoxy) is 2. The molecule has 1 aliphatic rings. The van der Waals surface area contributed by atoms with Crippen molar-refractivity contribution in [2.75, 3.05) is 25.2 Å². The van der Waals surface area contributed by atoms with Gasteiger partial charge in [0.05, 0.1) is 17.7 Å². The molecular weight excluding hydrogens is 385 g/mol. The lowest BCUT2D eigenvalue weighted by Gasteiger charge is -2.17. The number of rotatable bonds is 7. The average molecular weight is 408 g/mol. The highest BCUT2D eigenvalue weighted by molar-refractivity contribution is 8.19. The fourth-order valence-corrected chi connectivity index (χ4v) is 5.72. The third-order valence-corrected chi connectivity index (χ3v) is 7.27. The number of thioether (sulfide) groups is 2. The third kappa shape index (κ3) is 5.11. The molecule has 1 amide bonds. The Kier molecular flexibility index (Phi) is 6.90. The fraction of sp³-hybridized carbons (Fsp3) is 0.350. The van der Waals surface area contributed by atoms with E-state index >= 15 is 0 Å². The molecule has 0 aromatic heterocycles. The van der Waals surface area contributed by atoms with Crippen LogP contribution in [0.25, 0.3) is 0 Å². The van der Waals surface area contributed by atoms with Crippen molar-refractivity contribution in [3.63, 3.8) is 0 Å². The van der Waals surface area contributed by atoms with Crippen molar-refractivity contribution in [3.05, 3.63) is 59.4 Å². The predicted molar refractivity (Wildman–Crippen MR) is 109 cm³/mol. The molecule has 1 heterocycles. The van der Waals surface area contributed by atoms with E-state index in [0.29, 0.717) is 10.1 Å². The van der Waals surface area contributed by atoms with E-state index < -0.39 is 5.82 Å². The first-order valence-corrected chi connectivity index (χ1v) is 10.8. The second-order valence-corrected chi connectivity index (χ2v) is 8.81. The molecule has 0 spiro atoms. The van der Waals surface area contributed by atoms with E-state index in [1.54, 1.807) is 19.1 Å². The van der Waals surface area contributed by atoms with Crippen LogP contribution in [0.15, 0.2) is 42.5 Å². The summed E-state index contributed by atoms with van der Waals surface area (Å²) >= 11 is 3.79. The zero-order valence-electron chi connectivity index (χ0n) is 15.2. The Morgan fingerprint density at radius 1 is 1.22 bits per heavy atom. The standard InChI is InChI=1S/C20H22FNO3S2/c1-13(14-7-8-18(24-2)16(21)11-14)22-19(23)12-25-17-6-4-3-5-15(17)20-26-9-10-27-20/h3-8,11,13,20H,9-10,12H2,1-2H3,(H,22,23). The van der Waals surface area contributed by atoms with Crippen LogP contribution in [0.3, 0.4) is 0 Å². The van der Waals surface area contributed by atoms with E-state index in [0.717, 1.165) is 22.8 Å². The van der Waals surface area contributed by atoms with E-state index in [2.05, 4.69) is 5.32 Å². The van der Waals surface area contributed by atoms with Crippen molar-refractivity contribution in [2.24, 2.45) is 0 Å². The summed E-state index contributed by atoms with van der Waals surface area (Å²) in [4.78, 5) is 12.3. The van der Waals surface area contributed by atoms with Gasteiger partial charge in [-0.25, -0.2) is 4.39 Å². The predicted octanol–water partition coefficient (Wildman–Crippen LogP) is 4.57. The summed E-state index contributed by atoms with van der Waals surface area (Å²) in [5.74, 6) is 2.47. The minimum Gasteiger partial charge on any atom is -0.494 e. The summed E-state index contributed by atoms with van der Waals surface area (Å²) in [6, 6.07) is 12.2. The van der Waals surface area contributed by atoms with Crippen LogP contribution in [0.5, 0.6) is 11.5 Å². The SMILES string of the molecule is COc1ccc(C(C)NC(=O)COc2ccccc2C2SCCS2)cc1F. The summed E-state index contributed by atoms with van der Waals surface area (Å²) in [6.07, 6.45) is 0. The van der Waals surface area contributed by atoms with Crippen LogP contribution in [0.4, 0.5) is 4.39 Å². The highest BCUT2D eigenvalue weighted by Crippen LogP contribution is 2.48. The van der Waals surface area contributed by atoms with Gasteiger partial charge in [-0.3, -0.25) is 4.79 Å². The first-order chi connectivity index (χ1) is 13.1. The zero-order valence-corrected chi connectivity index (χ0v) is 16.9. The Morgan fingerprint density at radius 3 is 2.67 bits per heavy atom. The largest absolute Gasteiger partial charge is 0.494 e. The molecule has 2 aromatic rings. The molecule has 2 aromatic carbocycles. The number of para-hydroxylation sites is 1. The molecule has 3 rings (SSSR count). The normalized spacial score (nSPS) is 15.4. The number of nitrogens with one attached hydrogen (secondary N) is 1. The summed E-state index contributed by atoms with van der Waals surface area (Å²) in [5.41, 5.74) is 1.78. The molecule has 1 saturated heterocycles. The molecule has 0 bridgehead atoms. The molecule has 1 unspecified atom stereocenters. The van der Waals surface area contributed by atoms with Crippen molar-refractivity contribution in [3.8, 4) is 11.5 Å². The first kappa shape index (κ1) is 19.9. The van der Waals surface area contributed by atoms with Crippen LogP contribution in [-0.2, 0) is 4.79 Å². The van der Waals surface area contributed by atoms with Gasteiger partial charge < -0.3 is 14.8 Å². The third-order valence-electron chi connectivity index (χ3n) is 4.21. The molecule has 1 N–H and O–H groups in total. The molecule has 27 heavy (non-hydrogen) atoms. The van der Waals surface area contributed by atoms with Crippen LogP contribution in [0.2, 0.25) is 0 Å². The molecule has 0 aliphatic carbocycles. The highest BCUT2D eigenvalue weighted by atomic mass is 32.2. The van der Waals surface area contributed by atoms with E-state index in [-0.39, 0.29) is 24.3 Å². The van der Waals surface area contributed by atoms with Crippen LogP contribution >= 0.6 is 23.5 Å². The Hall–Kier alpha value is -1.86. The zero-order chi connectivity index (χ0) is 19.2. The maximum atomic E-state index is 13.8. The van der Waals surface area contributed by atoms with Crippen LogP contribution in [0, 0.1) is 5.82 Å². The molecule has 0 radical (unpaired) electrons. The Balaban J connectivity index is 1.58. The van der Waals surface area contributed by atoms with Crippen molar-refractivity contribution >= 4 is 29.4 Å². The van der Waals surface area contributed by atoms with Crippen molar-refractivity contribution in [1.29, 1.82) is 0 Å². The van der Waals surface area contributed by atoms with Gasteiger partial charge in [-0.05, 0) is 30.7 Å². The highest BCUT2D eigenvalue weighted by Gasteiger charge is 2.22. The molecule has 4 nitrogen and oxygen atoms in total. The maximum absolute atomic E-state index is 13.8. The number of carbonyl (C=O) groups is 1. The van der Waals surface area contributed by atoms with E-state index in [4.69, 9.17) is 9.47 Å². The number of halogens is 1. The molecule has 1 aliphatic heterocycles. The molecule has 1 fully saturated rings. The average Bonchev–Trinajstić information content (AvgIpc) is 3.21. The van der Waals surface area contributed by atoms with Crippen LogP contribution in [-0.4, -0.2) is 31.1 Å². The van der Waals surface area contributed by atoms with Crippen LogP contribution < -0.4 is 14.8 Å². The van der Waals surface area contributed by atoms with E-state index in [1.807, 2.05) is 47.8 Å². The summed E-state index contributed by atoms with van der Waals surface area (Å²) in [6.45, 7) is 1.72. The fourth-order valence-electron chi connectivity index (χ4n) is 2.81. The molecule has 7 heteroatoms.